The third-order valence-corrected chi connectivity index (χ3v) is 5.08. The number of hydrogen-bond acceptors (Lipinski definition) is 4. The molecule has 6 nitrogen and oxygen atoms in total. The number of piperazine rings is 1. The molecule has 1 atom stereocenters. The number of carbonyl (C=O) groups is 1. The summed E-state index contributed by atoms with van der Waals surface area (Å²) in [5.41, 5.74) is 4.40. The summed E-state index contributed by atoms with van der Waals surface area (Å²) in [7, 11) is 0. The molecule has 1 amide bonds. The predicted molar refractivity (Wildman–Crippen MR) is 112 cm³/mol. The van der Waals surface area contributed by atoms with Crippen molar-refractivity contribution in [1.82, 2.24) is 25.2 Å². The third kappa shape index (κ3) is 3.79. The molecule has 1 aromatic heterocycles. The van der Waals surface area contributed by atoms with Gasteiger partial charge in [-0.15, -0.1) is 17.5 Å². The van der Waals surface area contributed by atoms with Crippen molar-refractivity contribution in [3.05, 3.63) is 66.0 Å². The van der Waals surface area contributed by atoms with Crippen molar-refractivity contribution in [3.8, 4) is 16.8 Å². The Labute approximate surface area is 171 Å². The number of nitrogens with zero attached hydrogens (tertiary/aromatic N) is 4. The normalized spacial score (nSPS) is 16.5. The molecule has 2 aromatic carbocycles. The average molecular weight is 398 g/mol. The minimum absolute atomic E-state index is 0. The molecule has 0 unspecified atom stereocenters. The lowest BCUT2D eigenvalue weighted by Gasteiger charge is -2.33. The first kappa shape index (κ1) is 20.0. The van der Waals surface area contributed by atoms with Crippen molar-refractivity contribution in [3.63, 3.8) is 0 Å². The summed E-state index contributed by atoms with van der Waals surface area (Å²) in [5.74, 6) is -0.0475. The van der Waals surface area contributed by atoms with Gasteiger partial charge < -0.3 is 10.2 Å². The zero-order chi connectivity index (χ0) is 18.8. The molecule has 0 spiro atoms. The van der Waals surface area contributed by atoms with E-state index in [2.05, 4.69) is 39.9 Å². The fourth-order valence-corrected chi connectivity index (χ4v) is 3.48. The molecule has 1 fully saturated rings. The van der Waals surface area contributed by atoms with E-state index in [0.717, 1.165) is 30.0 Å². The van der Waals surface area contributed by atoms with Crippen LogP contribution in [0.15, 0.2) is 54.6 Å². The van der Waals surface area contributed by atoms with Gasteiger partial charge in [-0.05, 0) is 37.1 Å². The van der Waals surface area contributed by atoms with Crippen molar-refractivity contribution in [2.24, 2.45) is 0 Å². The molecule has 1 aliphatic rings. The Bertz CT molecular complexity index is 939. The van der Waals surface area contributed by atoms with Gasteiger partial charge in [-0.25, -0.2) is 4.68 Å². The maximum atomic E-state index is 12.9. The van der Waals surface area contributed by atoms with Gasteiger partial charge in [-0.3, -0.25) is 4.79 Å². The fourth-order valence-electron chi connectivity index (χ4n) is 3.48. The molecule has 4 rings (SSSR count). The molecule has 7 heteroatoms. The molecular formula is C21H24ClN5O. The zero-order valence-corrected chi connectivity index (χ0v) is 16.8. The first-order valence-corrected chi connectivity index (χ1v) is 9.25. The van der Waals surface area contributed by atoms with Crippen LogP contribution in [-0.4, -0.2) is 51.5 Å². The quantitative estimate of drug-likeness (QED) is 0.737. The van der Waals surface area contributed by atoms with Crippen molar-refractivity contribution in [2.45, 2.75) is 19.9 Å². The predicted octanol–water partition coefficient (Wildman–Crippen LogP) is 3.10. The van der Waals surface area contributed by atoms with Crippen LogP contribution in [0.4, 0.5) is 0 Å². The number of nitrogens with one attached hydrogen (secondary N) is 1. The van der Waals surface area contributed by atoms with Gasteiger partial charge in [-0.1, -0.05) is 47.7 Å². The van der Waals surface area contributed by atoms with Gasteiger partial charge in [0.05, 0.1) is 11.4 Å². The van der Waals surface area contributed by atoms with Crippen LogP contribution in [0.2, 0.25) is 0 Å². The van der Waals surface area contributed by atoms with E-state index in [0.29, 0.717) is 12.2 Å². The minimum atomic E-state index is -0.0475. The lowest BCUT2D eigenvalue weighted by Crippen LogP contribution is -2.52. The van der Waals surface area contributed by atoms with Crippen LogP contribution >= 0.6 is 12.4 Å². The Morgan fingerprint density at radius 2 is 1.75 bits per heavy atom. The van der Waals surface area contributed by atoms with Crippen LogP contribution in [0.3, 0.4) is 0 Å². The summed E-state index contributed by atoms with van der Waals surface area (Å²) in [6.45, 7) is 6.25. The summed E-state index contributed by atoms with van der Waals surface area (Å²) in [5, 5.41) is 11.7. The van der Waals surface area contributed by atoms with Crippen LogP contribution in [0.1, 0.15) is 23.1 Å². The molecule has 3 aromatic rings. The Morgan fingerprint density at radius 1 is 1.07 bits per heavy atom. The second-order valence-electron chi connectivity index (χ2n) is 6.90. The summed E-state index contributed by atoms with van der Waals surface area (Å²) in [6, 6.07) is 18.5. The van der Waals surface area contributed by atoms with Gasteiger partial charge >= 0.3 is 0 Å². The Morgan fingerprint density at radius 3 is 2.43 bits per heavy atom. The SMILES string of the molecule is Cc1c(C(=O)N2CCNC[C@H]2C)nnn1-c1ccc(-c2ccccc2)cc1.Cl. The van der Waals surface area contributed by atoms with E-state index in [4.69, 9.17) is 0 Å². The molecule has 0 saturated carbocycles. The second-order valence-corrected chi connectivity index (χ2v) is 6.90. The monoisotopic (exact) mass is 397 g/mol. The molecule has 0 aliphatic carbocycles. The van der Waals surface area contributed by atoms with Crippen LogP contribution in [0.25, 0.3) is 16.8 Å². The third-order valence-electron chi connectivity index (χ3n) is 5.08. The van der Waals surface area contributed by atoms with Crippen LogP contribution in [0, 0.1) is 6.92 Å². The van der Waals surface area contributed by atoms with Crippen LogP contribution in [0.5, 0.6) is 0 Å². The fraction of sp³-hybridized carbons (Fsp3) is 0.286. The van der Waals surface area contributed by atoms with Gasteiger partial charge in [0.2, 0.25) is 0 Å². The Kier molecular flexibility index (Phi) is 6.11. The van der Waals surface area contributed by atoms with E-state index in [9.17, 15) is 4.79 Å². The largest absolute Gasteiger partial charge is 0.332 e. The van der Waals surface area contributed by atoms with Gasteiger partial charge in [0.25, 0.3) is 5.91 Å². The number of rotatable bonds is 3. The summed E-state index contributed by atoms with van der Waals surface area (Å²) < 4.78 is 1.73. The molecule has 2 heterocycles. The van der Waals surface area contributed by atoms with E-state index in [-0.39, 0.29) is 24.4 Å². The van der Waals surface area contributed by atoms with Crippen molar-refractivity contribution < 1.29 is 4.79 Å². The number of aromatic nitrogens is 3. The summed E-state index contributed by atoms with van der Waals surface area (Å²) >= 11 is 0. The maximum absolute atomic E-state index is 12.9. The minimum Gasteiger partial charge on any atom is -0.332 e. The van der Waals surface area contributed by atoms with E-state index >= 15 is 0 Å². The number of halogens is 1. The highest BCUT2D eigenvalue weighted by molar-refractivity contribution is 5.93. The molecule has 0 radical (unpaired) electrons. The number of hydrogen-bond donors (Lipinski definition) is 1. The second kappa shape index (κ2) is 8.54. The maximum Gasteiger partial charge on any atom is 0.276 e. The standard InChI is InChI=1S/C21H23N5O.ClH/c1-15-14-22-12-13-25(15)21(27)20-16(2)26(24-23-20)19-10-8-18(9-11-19)17-6-4-3-5-7-17;/h3-11,15,22H,12-14H2,1-2H3;1H/t15-;/m1./s1. The molecular weight excluding hydrogens is 374 g/mol. The zero-order valence-electron chi connectivity index (χ0n) is 16.0. The highest BCUT2D eigenvalue weighted by atomic mass is 35.5. The molecule has 146 valence electrons. The highest BCUT2D eigenvalue weighted by Gasteiger charge is 2.28. The van der Waals surface area contributed by atoms with Crippen molar-refractivity contribution in [1.29, 1.82) is 0 Å². The Hall–Kier alpha value is -2.70. The molecule has 28 heavy (non-hydrogen) atoms. The molecule has 1 saturated heterocycles. The smallest absolute Gasteiger partial charge is 0.276 e. The average Bonchev–Trinajstić information content (AvgIpc) is 3.10. The van der Waals surface area contributed by atoms with E-state index in [1.807, 2.05) is 49.1 Å². The highest BCUT2D eigenvalue weighted by Crippen LogP contribution is 2.22. The van der Waals surface area contributed by atoms with Gasteiger partial charge in [0.1, 0.15) is 0 Å². The number of carbonyl (C=O) groups excluding carboxylic acids is 1. The van der Waals surface area contributed by atoms with E-state index in [1.165, 1.54) is 5.56 Å². The van der Waals surface area contributed by atoms with Crippen molar-refractivity contribution >= 4 is 18.3 Å². The first-order valence-electron chi connectivity index (χ1n) is 9.25. The van der Waals surface area contributed by atoms with Gasteiger partial charge in [-0.2, -0.15) is 0 Å². The molecule has 1 aliphatic heterocycles. The molecule has 1 N–H and O–H groups in total. The topological polar surface area (TPSA) is 63.1 Å². The molecule has 0 bridgehead atoms. The summed E-state index contributed by atoms with van der Waals surface area (Å²) in [4.78, 5) is 14.8. The lowest BCUT2D eigenvalue weighted by molar-refractivity contribution is 0.0649. The summed E-state index contributed by atoms with van der Waals surface area (Å²) in [6.07, 6.45) is 0. The van der Waals surface area contributed by atoms with Gasteiger partial charge in [0, 0.05) is 25.7 Å². The number of amides is 1. The van der Waals surface area contributed by atoms with Crippen LogP contribution < -0.4 is 5.32 Å². The van der Waals surface area contributed by atoms with Crippen molar-refractivity contribution in [2.75, 3.05) is 19.6 Å². The van der Waals surface area contributed by atoms with E-state index in [1.54, 1.807) is 4.68 Å². The number of benzene rings is 2. The Balaban J connectivity index is 0.00000225. The van der Waals surface area contributed by atoms with E-state index < -0.39 is 0 Å². The lowest BCUT2D eigenvalue weighted by atomic mass is 10.1. The van der Waals surface area contributed by atoms with Gasteiger partial charge in [0.15, 0.2) is 5.69 Å². The van der Waals surface area contributed by atoms with Crippen LogP contribution in [-0.2, 0) is 0 Å². The first-order chi connectivity index (χ1) is 13.1.